The predicted octanol–water partition coefficient (Wildman–Crippen LogP) is 2.25. The van der Waals surface area contributed by atoms with E-state index in [1.54, 1.807) is 60.2 Å². The monoisotopic (exact) mass is 418 g/mol. The Morgan fingerprint density at radius 3 is 2.74 bits per heavy atom. The van der Waals surface area contributed by atoms with Crippen LogP contribution in [0.5, 0.6) is 11.5 Å². The van der Waals surface area contributed by atoms with Gasteiger partial charge in [-0.3, -0.25) is 9.59 Å². The van der Waals surface area contributed by atoms with Crippen LogP contribution in [0.15, 0.2) is 48.8 Å². The first kappa shape index (κ1) is 18.7. The summed E-state index contributed by atoms with van der Waals surface area (Å²) in [6, 6.07) is 10.5. The molecule has 156 valence electrons. The van der Waals surface area contributed by atoms with E-state index in [1.807, 2.05) is 0 Å². The third-order valence-electron chi connectivity index (χ3n) is 4.66. The van der Waals surface area contributed by atoms with Gasteiger partial charge < -0.3 is 19.8 Å². The number of aryl methyl sites for hydroxylation is 1. The van der Waals surface area contributed by atoms with E-state index in [9.17, 15) is 9.59 Å². The lowest BCUT2D eigenvalue weighted by Gasteiger charge is -2.08. The summed E-state index contributed by atoms with van der Waals surface area (Å²) >= 11 is 0. The summed E-state index contributed by atoms with van der Waals surface area (Å²) in [6.45, 7) is 0. The largest absolute Gasteiger partial charge is 0.456 e. The van der Waals surface area contributed by atoms with Crippen LogP contribution in [0.1, 0.15) is 23.5 Å². The molecule has 31 heavy (non-hydrogen) atoms. The molecule has 1 aliphatic carbocycles. The number of amides is 2. The fourth-order valence-electron chi connectivity index (χ4n) is 3.00. The van der Waals surface area contributed by atoms with Gasteiger partial charge in [-0.2, -0.15) is 4.80 Å². The minimum absolute atomic E-state index is 0.00965. The number of ether oxygens (including phenoxy) is 1. The lowest BCUT2D eigenvalue weighted by atomic mass is 10.3. The molecular weight excluding hydrogens is 400 g/mol. The van der Waals surface area contributed by atoms with E-state index < -0.39 is 5.91 Å². The molecule has 4 aromatic rings. The van der Waals surface area contributed by atoms with Crippen LogP contribution in [0.4, 0.5) is 11.5 Å². The van der Waals surface area contributed by atoms with E-state index in [0.717, 1.165) is 12.8 Å². The highest BCUT2D eigenvalue weighted by molar-refractivity contribution is 6.01. The van der Waals surface area contributed by atoms with Crippen LogP contribution in [0.25, 0.3) is 5.65 Å². The van der Waals surface area contributed by atoms with Gasteiger partial charge in [0.1, 0.15) is 17.1 Å². The molecule has 0 unspecified atom stereocenters. The van der Waals surface area contributed by atoms with E-state index in [1.165, 1.54) is 4.80 Å². The zero-order valence-corrected chi connectivity index (χ0v) is 16.5. The number of hydrogen-bond acceptors (Lipinski definition) is 7. The van der Waals surface area contributed by atoms with Crippen molar-refractivity contribution < 1.29 is 14.3 Å². The minimum Gasteiger partial charge on any atom is -0.456 e. The lowest BCUT2D eigenvalue weighted by molar-refractivity contribution is -0.117. The van der Waals surface area contributed by atoms with Crippen LogP contribution >= 0.6 is 0 Å². The van der Waals surface area contributed by atoms with Gasteiger partial charge in [0.2, 0.25) is 5.91 Å². The highest BCUT2D eigenvalue weighted by Crippen LogP contribution is 2.30. The molecule has 0 bridgehead atoms. The molecule has 0 radical (unpaired) electrons. The number of carbonyl (C=O) groups is 2. The van der Waals surface area contributed by atoms with Gasteiger partial charge in [-0.1, -0.05) is 6.07 Å². The molecule has 0 atom stereocenters. The predicted molar refractivity (Wildman–Crippen MR) is 110 cm³/mol. The van der Waals surface area contributed by atoms with Crippen LogP contribution < -0.4 is 15.4 Å². The smallest absolute Gasteiger partial charge is 0.297 e. The molecule has 1 fully saturated rings. The quantitative estimate of drug-likeness (QED) is 0.491. The van der Waals surface area contributed by atoms with E-state index in [4.69, 9.17) is 4.74 Å². The summed E-state index contributed by atoms with van der Waals surface area (Å²) in [6.07, 6.45) is 5.38. The van der Waals surface area contributed by atoms with Gasteiger partial charge in [0.25, 0.3) is 11.7 Å². The number of hydrogen-bond donors (Lipinski definition) is 2. The first-order valence-corrected chi connectivity index (χ1v) is 9.66. The molecule has 5 rings (SSSR count). The van der Waals surface area contributed by atoms with Crippen molar-refractivity contribution in [3.63, 3.8) is 0 Å². The van der Waals surface area contributed by atoms with Gasteiger partial charge >= 0.3 is 0 Å². The number of imidazole rings is 1. The Labute approximate surface area is 176 Å². The molecule has 2 N–H and O–H groups in total. The van der Waals surface area contributed by atoms with E-state index >= 15 is 0 Å². The molecule has 1 saturated carbocycles. The van der Waals surface area contributed by atoms with Gasteiger partial charge in [-0.05, 0) is 42.3 Å². The third-order valence-corrected chi connectivity index (χ3v) is 4.66. The second kappa shape index (κ2) is 7.52. The van der Waals surface area contributed by atoms with Crippen molar-refractivity contribution in [3.8, 4) is 11.5 Å². The number of nitrogens with one attached hydrogen (secondary N) is 2. The highest BCUT2D eigenvalue weighted by atomic mass is 16.5. The van der Waals surface area contributed by atoms with Crippen molar-refractivity contribution >= 4 is 29.0 Å². The van der Waals surface area contributed by atoms with Gasteiger partial charge in [0, 0.05) is 17.7 Å². The average molecular weight is 418 g/mol. The zero-order valence-electron chi connectivity index (χ0n) is 16.5. The molecule has 1 aliphatic rings. The van der Waals surface area contributed by atoms with Crippen molar-refractivity contribution in [1.82, 2.24) is 29.6 Å². The maximum atomic E-state index is 12.2. The van der Waals surface area contributed by atoms with Crippen molar-refractivity contribution in [3.05, 3.63) is 54.6 Å². The number of anilines is 2. The van der Waals surface area contributed by atoms with E-state index in [2.05, 4.69) is 31.0 Å². The second-order valence-corrected chi connectivity index (χ2v) is 7.21. The SMILES string of the molecule is Cn1nnc(C(=O)Nc2cccc(Oc3ccc4nc(NC(=O)C5CC5)cn4c3)c2)n1. The standard InChI is InChI=1S/C20H18N8O3/c1-27-25-18(24-26-27)20(30)21-13-3-2-4-14(9-13)31-15-7-8-17-22-16(11-28(17)10-15)23-19(29)12-5-6-12/h2-4,7-12H,5-6H2,1H3,(H,21,30)(H,23,29). The summed E-state index contributed by atoms with van der Waals surface area (Å²) in [5.74, 6) is 1.25. The first-order valence-electron chi connectivity index (χ1n) is 9.66. The Bertz CT molecular complexity index is 1290. The fourth-order valence-corrected chi connectivity index (χ4v) is 3.00. The van der Waals surface area contributed by atoms with Gasteiger partial charge in [0.05, 0.1) is 19.4 Å². The molecule has 1 aromatic carbocycles. The number of carbonyl (C=O) groups excluding carboxylic acids is 2. The highest BCUT2D eigenvalue weighted by Gasteiger charge is 2.30. The summed E-state index contributed by atoms with van der Waals surface area (Å²) in [5.41, 5.74) is 1.22. The number of nitrogens with zero attached hydrogens (tertiary/aromatic N) is 6. The molecule has 3 aromatic heterocycles. The van der Waals surface area contributed by atoms with Crippen LogP contribution in [0.2, 0.25) is 0 Å². The van der Waals surface area contributed by atoms with Crippen molar-refractivity contribution in [2.75, 3.05) is 10.6 Å². The molecule has 3 heterocycles. The average Bonchev–Trinajstić information content (AvgIpc) is 3.39. The van der Waals surface area contributed by atoms with Crippen LogP contribution in [-0.4, -0.2) is 41.4 Å². The first-order chi connectivity index (χ1) is 15.0. The molecule has 11 heteroatoms. The van der Waals surface area contributed by atoms with Crippen molar-refractivity contribution in [1.29, 1.82) is 0 Å². The van der Waals surface area contributed by atoms with Crippen LogP contribution in [0.3, 0.4) is 0 Å². The van der Waals surface area contributed by atoms with Gasteiger partial charge in [0.15, 0.2) is 5.82 Å². The van der Waals surface area contributed by atoms with Gasteiger partial charge in [-0.25, -0.2) is 4.98 Å². The fraction of sp³-hybridized carbons (Fsp3) is 0.200. The van der Waals surface area contributed by atoms with Crippen LogP contribution in [-0.2, 0) is 11.8 Å². The Hall–Kier alpha value is -4.28. The minimum atomic E-state index is -0.467. The Morgan fingerprint density at radius 1 is 1.10 bits per heavy atom. The molecule has 2 amide bonds. The van der Waals surface area contributed by atoms with Crippen molar-refractivity contribution in [2.24, 2.45) is 13.0 Å². The van der Waals surface area contributed by atoms with E-state index in [-0.39, 0.29) is 17.6 Å². The topological polar surface area (TPSA) is 128 Å². The Kier molecular flexibility index (Phi) is 4.54. The van der Waals surface area contributed by atoms with E-state index in [0.29, 0.717) is 28.7 Å². The summed E-state index contributed by atoms with van der Waals surface area (Å²) in [5, 5.41) is 16.8. The molecular formula is C20H18N8O3. The lowest BCUT2D eigenvalue weighted by Crippen LogP contribution is -2.14. The maximum Gasteiger partial charge on any atom is 0.297 e. The summed E-state index contributed by atoms with van der Waals surface area (Å²) < 4.78 is 7.70. The number of aromatic nitrogens is 6. The van der Waals surface area contributed by atoms with Crippen molar-refractivity contribution in [2.45, 2.75) is 12.8 Å². The third kappa shape index (κ3) is 4.20. The number of rotatable bonds is 6. The summed E-state index contributed by atoms with van der Waals surface area (Å²) in [4.78, 5) is 29.7. The van der Waals surface area contributed by atoms with Crippen LogP contribution in [0, 0.1) is 5.92 Å². The second-order valence-electron chi connectivity index (χ2n) is 7.21. The number of tetrazole rings is 1. The Morgan fingerprint density at radius 2 is 1.97 bits per heavy atom. The summed E-state index contributed by atoms with van der Waals surface area (Å²) in [7, 11) is 1.58. The molecule has 11 nitrogen and oxygen atoms in total. The molecule has 0 saturated heterocycles. The normalized spacial score (nSPS) is 13.2. The van der Waals surface area contributed by atoms with Gasteiger partial charge in [-0.15, -0.1) is 10.2 Å². The zero-order chi connectivity index (χ0) is 21.4. The maximum absolute atomic E-state index is 12.2. The number of pyridine rings is 1. The molecule has 0 aliphatic heterocycles. The Balaban J connectivity index is 1.29. The number of benzene rings is 1. The number of fused-ring (bicyclic) bond motifs is 1. The molecule has 0 spiro atoms.